The number of benzene rings is 3. The molecule has 6 heteroatoms. The van der Waals surface area contributed by atoms with Crippen molar-refractivity contribution in [2.75, 3.05) is 0 Å². The Balaban J connectivity index is 1.35. The molecule has 1 aromatic heterocycles. The van der Waals surface area contributed by atoms with Gasteiger partial charge in [-0.25, -0.2) is 5.43 Å². The summed E-state index contributed by atoms with van der Waals surface area (Å²) in [5.41, 5.74) is 8.17. The molecule has 0 aliphatic heterocycles. The Morgan fingerprint density at radius 2 is 1.70 bits per heavy atom. The number of hydrogen-bond donors (Lipinski definition) is 1. The SMILES string of the molecule is Cc1cc(C)n(Cc2ccc(C(=O)NN=Cc3ccccc3OCc3ccccc3)cc2)n1. The van der Waals surface area contributed by atoms with Crippen molar-refractivity contribution in [1.82, 2.24) is 15.2 Å². The molecule has 0 aliphatic rings. The lowest BCUT2D eigenvalue weighted by Gasteiger charge is -2.09. The van der Waals surface area contributed by atoms with Crippen molar-refractivity contribution in [2.45, 2.75) is 27.0 Å². The largest absolute Gasteiger partial charge is 0.488 e. The first-order chi connectivity index (χ1) is 16.1. The van der Waals surface area contributed by atoms with Crippen LogP contribution in [0.15, 0.2) is 90.0 Å². The van der Waals surface area contributed by atoms with E-state index in [0.717, 1.165) is 28.1 Å². The lowest BCUT2D eigenvalue weighted by Crippen LogP contribution is -2.17. The number of para-hydroxylation sites is 1. The Morgan fingerprint density at radius 1 is 0.970 bits per heavy atom. The highest BCUT2D eigenvalue weighted by Gasteiger charge is 2.07. The molecular formula is C27H26N4O2. The number of aryl methyl sites for hydroxylation is 2. The molecule has 0 bridgehead atoms. The van der Waals surface area contributed by atoms with Crippen LogP contribution in [-0.2, 0) is 13.2 Å². The van der Waals surface area contributed by atoms with Crippen molar-refractivity contribution in [3.05, 3.63) is 119 Å². The van der Waals surface area contributed by atoms with Gasteiger partial charge in [-0.3, -0.25) is 9.48 Å². The molecule has 1 heterocycles. The predicted octanol–water partition coefficient (Wildman–Crippen LogP) is 4.89. The van der Waals surface area contributed by atoms with E-state index in [9.17, 15) is 4.79 Å². The summed E-state index contributed by atoms with van der Waals surface area (Å²) in [5.74, 6) is 0.430. The molecule has 4 rings (SSSR count). The highest BCUT2D eigenvalue weighted by Crippen LogP contribution is 2.17. The van der Waals surface area contributed by atoms with Crippen molar-refractivity contribution < 1.29 is 9.53 Å². The van der Waals surface area contributed by atoms with E-state index in [-0.39, 0.29) is 5.91 Å². The standard InChI is InChI=1S/C27H26N4O2/c1-20-16-21(2)31(30-20)18-22-12-14-24(15-13-22)27(32)29-28-17-25-10-6-7-11-26(25)33-19-23-8-4-3-5-9-23/h3-17H,18-19H2,1-2H3,(H,29,32). The number of carbonyl (C=O) groups is 1. The minimum atomic E-state index is -0.272. The van der Waals surface area contributed by atoms with Gasteiger partial charge in [0, 0.05) is 16.8 Å². The Labute approximate surface area is 193 Å². The fourth-order valence-electron chi connectivity index (χ4n) is 3.45. The van der Waals surface area contributed by atoms with Gasteiger partial charge in [0.25, 0.3) is 5.91 Å². The monoisotopic (exact) mass is 438 g/mol. The van der Waals surface area contributed by atoms with Gasteiger partial charge in [0.2, 0.25) is 0 Å². The highest BCUT2D eigenvalue weighted by molar-refractivity contribution is 5.95. The number of hydrazone groups is 1. The van der Waals surface area contributed by atoms with Gasteiger partial charge in [0.05, 0.1) is 18.5 Å². The van der Waals surface area contributed by atoms with E-state index < -0.39 is 0 Å². The van der Waals surface area contributed by atoms with Crippen LogP contribution in [0.2, 0.25) is 0 Å². The second-order valence-corrected chi connectivity index (χ2v) is 7.79. The van der Waals surface area contributed by atoms with Crippen molar-refractivity contribution in [3.63, 3.8) is 0 Å². The van der Waals surface area contributed by atoms with Crippen molar-refractivity contribution in [3.8, 4) is 5.75 Å². The van der Waals surface area contributed by atoms with Crippen molar-refractivity contribution in [2.24, 2.45) is 5.10 Å². The van der Waals surface area contributed by atoms with E-state index in [0.29, 0.717) is 24.5 Å². The predicted molar refractivity (Wildman–Crippen MR) is 130 cm³/mol. The number of aromatic nitrogens is 2. The fourth-order valence-corrected chi connectivity index (χ4v) is 3.45. The maximum Gasteiger partial charge on any atom is 0.271 e. The summed E-state index contributed by atoms with van der Waals surface area (Å²) < 4.78 is 7.88. The summed E-state index contributed by atoms with van der Waals surface area (Å²) >= 11 is 0. The Hall–Kier alpha value is -4.19. The van der Waals surface area contributed by atoms with E-state index in [1.807, 2.05) is 91.3 Å². The van der Waals surface area contributed by atoms with Crippen LogP contribution < -0.4 is 10.2 Å². The fraction of sp³-hybridized carbons (Fsp3) is 0.148. The molecule has 1 N–H and O–H groups in total. The molecule has 0 saturated heterocycles. The average Bonchev–Trinajstić information content (AvgIpc) is 3.15. The van der Waals surface area contributed by atoms with Crippen LogP contribution in [0.3, 0.4) is 0 Å². The molecule has 0 aliphatic carbocycles. The van der Waals surface area contributed by atoms with Gasteiger partial charge < -0.3 is 4.74 Å². The number of rotatable bonds is 8. The number of hydrogen-bond acceptors (Lipinski definition) is 4. The van der Waals surface area contributed by atoms with Crippen LogP contribution >= 0.6 is 0 Å². The maximum atomic E-state index is 12.5. The van der Waals surface area contributed by atoms with E-state index >= 15 is 0 Å². The van der Waals surface area contributed by atoms with Crippen LogP contribution in [0, 0.1) is 13.8 Å². The quantitative estimate of drug-likeness (QED) is 0.315. The molecule has 0 fully saturated rings. The number of nitrogens with zero attached hydrogens (tertiary/aromatic N) is 3. The first kappa shape index (κ1) is 22.0. The minimum absolute atomic E-state index is 0.272. The zero-order valence-corrected chi connectivity index (χ0v) is 18.7. The molecule has 1 amide bonds. The number of nitrogens with one attached hydrogen (secondary N) is 1. The van der Waals surface area contributed by atoms with Gasteiger partial charge in [-0.2, -0.15) is 10.2 Å². The molecular weight excluding hydrogens is 412 g/mol. The van der Waals surface area contributed by atoms with Gasteiger partial charge in [0.15, 0.2) is 0 Å². The summed E-state index contributed by atoms with van der Waals surface area (Å²) in [6.45, 7) is 5.14. The Kier molecular flexibility index (Phi) is 6.95. The molecule has 6 nitrogen and oxygen atoms in total. The van der Waals surface area contributed by atoms with Gasteiger partial charge in [-0.05, 0) is 55.3 Å². The van der Waals surface area contributed by atoms with Crippen molar-refractivity contribution >= 4 is 12.1 Å². The summed E-state index contributed by atoms with van der Waals surface area (Å²) in [6.07, 6.45) is 1.59. The highest BCUT2D eigenvalue weighted by atomic mass is 16.5. The van der Waals surface area contributed by atoms with Crippen LogP contribution in [0.4, 0.5) is 0 Å². The van der Waals surface area contributed by atoms with E-state index in [1.165, 1.54) is 0 Å². The zero-order chi connectivity index (χ0) is 23.0. The molecule has 33 heavy (non-hydrogen) atoms. The molecule has 3 aromatic carbocycles. The van der Waals surface area contributed by atoms with E-state index in [1.54, 1.807) is 18.3 Å². The second kappa shape index (κ2) is 10.4. The zero-order valence-electron chi connectivity index (χ0n) is 18.7. The smallest absolute Gasteiger partial charge is 0.271 e. The second-order valence-electron chi connectivity index (χ2n) is 7.79. The van der Waals surface area contributed by atoms with Gasteiger partial charge in [0.1, 0.15) is 12.4 Å². The summed E-state index contributed by atoms with van der Waals surface area (Å²) in [4.78, 5) is 12.5. The van der Waals surface area contributed by atoms with E-state index in [2.05, 4.69) is 15.6 Å². The van der Waals surface area contributed by atoms with Crippen molar-refractivity contribution in [1.29, 1.82) is 0 Å². The van der Waals surface area contributed by atoms with Crippen LogP contribution in [0.1, 0.15) is 38.4 Å². The third-order valence-electron chi connectivity index (χ3n) is 5.18. The number of ether oxygens (including phenoxy) is 1. The Morgan fingerprint density at radius 3 is 2.42 bits per heavy atom. The van der Waals surface area contributed by atoms with Gasteiger partial charge in [-0.1, -0.05) is 54.6 Å². The van der Waals surface area contributed by atoms with Crippen LogP contribution in [0.5, 0.6) is 5.75 Å². The molecule has 4 aromatic rings. The first-order valence-corrected chi connectivity index (χ1v) is 10.8. The molecule has 0 spiro atoms. The topological polar surface area (TPSA) is 68.5 Å². The number of carbonyl (C=O) groups excluding carboxylic acids is 1. The number of amides is 1. The molecule has 0 atom stereocenters. The summed E-state index contributed by atoms with van der Waals surface area (Å²) in [7, 11) is 0. The van der Waals surface area contributed by atoms with Crippen LogP contribution in [-0.4, -0.2) is 21.9 Å². The summed E-state index contributed by atoms with van der Waals surface area (Å²) in [5, 5.41) is 8.60. The Bertz CT molecular complexity index is 1240. The first-order valence-electron chi connectivity index (χ1n) is 10.8. The molecule has 0 saturated carbocycles. The lowest BCUT2D eigenvalue weighted by atomic mass is 10.1. The van der Waals surface area contributed by atoms with Gasteiger partial charge >= 0.3 is 0 Å². The molecule has 0 radical (unpaired) electrons. The van der Waals surface area contributed by atoms with Gasteiger partial charge in [-0.15, -0.1) is 0 Å². The average molecular weight is 439 g/mol. The van der Waals surface area contributed by atoms with E-state index in [4.69, 9.17) is 4.74 Å². The molecule has 0 unspecified atom stereocenters. The molecule has 166 valence electrons. The van der Waals surface area contributed by atoms with Crippen LogP contribution in [0.25, 0.3) is 0 Å². The lowest BCUT2D eigenvalue weighted by molar-refractivity contribution is 0.0955. The maximum absolute atomic E-state index is 12.5. The minimum Gasteiger partial charge on any atom is -0.488 e. The normalized spacial score (nSPS) is 11.0. The summed E-state index contributed by atoms with van der Waals surface area (Å²) in [6, 6.07) is 27.0. The third-order valence-corrected chi connectivity index (χ3v) is 5.18. The third kappa shape index (κ3) is 5.95.